The van der Waals surface area contributed by atoms with Gasteiger partial charge >= 0.3 is 5.97 Å². The van der Waals surface area contributed by atoms with Gasteiger partial charge in [0.1, 0.15) is 5.75 Å². The van der Waals surface area contributed by atoms with E-state index in [0.29, 0.717) is 24.3 Å². The number of carbonyl (C=O) groups excluding carboxylic acids is 2. The third-order valence-corrected chi connectivity index (χ3v) is 5.38. The van der Waals surface area contributed by atoms with E-state index in [1.165, 1.54) is 7.11 Å². The van der Waals surface area contributed by atoms with Crippen LogP contribution in [0.25, 0.3) is 0 Å². The van der Waals surface area contributed by atoms with Crippen LogP contribution in [0.5, 0.6) is 5.75 Å². The summed E-state index contributed by atoms with van der Waals surface area (Å²) in [5.41, 5.74) is 1.75. The van der Waals surface area contributed by atoms with Gasteiger partial charge in [0.05, 0.1) is 32.0 Å². The van der Waals surface area contributed by atoms with E-state index in [1.807, 2.05) is 46.7 Å². The first-order valence-electron chi connectivity index (χ1n) is 9.44. The number of anilines is 1. The number of carbonyl (C=O) groups is 2. The molecule has 0 atom stereocenters. The number of esters is 1. The molecule has 30 heavy (non-hydrogen) atoms. The lowest BCUT2D eigenvalue weighted by Crippen LogP contribution is -2.32. The standard InChI is InChI=1S/C23H24N2O4S/c1-28-21-12-6-3-8-17(21)14-25(15-18-9-7-13-30-18)16-22(26)24-20-11-5-4-10-19(20)23(27)29-2/h3-13H,14-16H2,1-2H3,(H,24,26). The first-order chi connectivity index (χ1) is 14.6. The Balaban J connectivity index is 1.76. The van der Waals surface area contributed by atoms with Crippen molar-refractivity contribution in [2.75, 3.05) is 26.1 Å². The maximum atomic E-state index is 12.8. The lowest BCUT2D eigenvalue weighted by atomic mass is 10.1. The summed E-state index contributed by atoms with van der Waals surface area (Å²) in [5, 5.41) is 4.86. The Morgan fingerprint density at radius 2 is 1.73 bits per heavy atom. The number of para-hydroxylation sites is 2. The van der Waals surface area contributed by atoms with E-state index in [4.69, 9.17) is 9.47 Å². The maximum absolute atomic E-state index is 12.8. The molecule has 0 saturated heterocycles. The van der Waals surface area contributed by atoms with Gasteiger partial charge in [0.15, 0.2) is 0 Å². The summed E-state index contributed by atoms with van der Waals surface area (Å²) in [7, 11) is 2.95. The van der Waals surface area contributed by atoms with Gasteiger partial charge in [-0.25, -0.2) is 4.79 Å². The number of amides is 1. The smallest absolute Gasteiger partial charge is 0.339 e. The second kappa shape index (κ2) is 10.6. The first-order valence-corrected chi connectivity index (χ1v) is 10.3. The molecular formula is C23H24N2O4S. The van der Waals surface area contributed by atoms with Gasteiger partial charge in [-0.15, -0.1) is 11.3 Å². The van der Waals surface area contributed by atoms with Crippen LogP contribution in [-0.4, -0.2) is 37.5 Å². The fourth-order valence-corrected chi connectivity index (χ4v) is 3.88. The van der Waals surface area contributed by atoms with Crippen molar-refractivity contribution in [3.05, 3.63) is 82.0 Å². The van der Waals surface area contributed by atoms with Crippen LogP contribution < -0.4 is 10.1 Å². The van der Waals surface area contributed by atoms with Crippen molar-refractivity contribution in [2.45, 2.75) is 13.1 Å². The van der Waals surface area contributed by atoms with E-state index in [2.05, 4.69) is 5.32 Å². The molecule has 0 aliphatic heterocycles. The SMILES string of the molecule is COC(=O)c1ccccc1NC(=O)CN(Cc1cccs1)Cc1ccccc1OC. The van der Waals surface area contributed by atoms with E-state index in [-0.39, 0.29) is 12.5 Å². The zero-order valence-electron chi connectivity index (χ0n) is 17.0. The number of nitrogens with one attached hydrogen (secondary N) is 1. The highest BCUT2D eigenvalue weighted by Gasteiger charge is 2.17. The number of benzene rings is 2. The zero-order valence-corrected chi connectivity index (χ0v) is 17.8. The summed E-state index contributed by atoms with van der Waals surface area (Å²) < 4.78 is 10.3. The van der Waals surface area contributed by atoms with Gasteiger partial charge in [0, 0.05) is 23.5 Å². The molecule has 1 aromatic heterocycles. The second-order valence-electron chi connectivity index (χ2n) is 6.62. The molecule has 0 aliphatic carbocycles. The Morgan fingerprint density at radius 3 is 2.47 bits per heavy atom. The van der Waals surface area contributed by atoms with Crippen LogP contribution in [0.1, 0.15) is 20.8 Å². The predicted molar refractivity (Wildman–Crippen MR) is 118 cm³/mol. The van der Waals surface area contributed by atoms with Crippen molar-refractivity contribution in [1.29, 1.82) is 0 Å². The van der Waals surface area contributed by atoms with E-state index in [9.17, 15) is 9.59 Å². The summed E-state index contributed by atoms with van der Waals surface area (Å²) in [4.78, 5) is 28.0. The summed E-state index contributed by atoms with van der Waals surface area (Å²) in [6.45, 7) is 1.33. The van der Waals surface area contributed by atoms with Crippen LogP contribution in [0.3, 0.4) is 0 Å². The minimum absolute atomic E-state index is 0.158. The molecule has 0 aliphatic rings. The Kier molecular flexibility index (Phi) is 7.59. The largest absolute Gasteiger partial charge is 0.496 e. The minimum atomic E-state index is -0.490. The van der Waals surface area contributed by atoms with Crippen LogP contribution >= 0.6 is 11.3 Å². The normalized spacial score (nSPS) is 10.6. The summed E-state index contributed by atoms with van der Waals surface area (Å²) in [6, 6.07) is 18.6. The molecule has 3 rings (SSSR count). The summed E-state index contributed by atoms with van der Waals surface area (Å²) >= 11 is 1.65. The molecule has 1 heterocycles. The molecule has 0 spiro atoms. The third kappa shape index (κ3) is 5.68. The van der Waals surface area contributed by atoms with E-state index >= 15 is 0 Å². The van der Waals surface area contributed by atoms with Gasteiger partial charge in [0.2, 0.25) is 5.91 Å². The fourth-order valence-electron chi connectivity index (χ4n) is 3.14. The Hall–Kier alpha value is -3.16. The highest BCUT2D eigenvalue weighted by atomic mass is 32.1. The molecule has 0 bridgehead atoms. The number of hydrogen-bond donors (Lipinski definition) is 1. The Bertz CT molecular complexity index is 988. The average molecular weight is 425 g/mol. The van der Waals surface area contributed by atoms with Gasteiger partial charge in [-0.2, -0.15) is 0 Å². The van der Waals surface area contributed by atoms with Gasteiger partial charge in [-0.1, -0.05) is 36.4 Å². The molecule has 1 N–H and O–H groups in total. The van der Waals surface area contributed by atoms with Gasteiger partial charge in [0.25, 0.3) is 0 Å². The van der Waals surface area contributed by atoms with Gasteiger partial charge < -0.3 is 14.8 Å². The monoisotopic (exact) mass is 424 g/mol. The quantitative estimate of drug-likeness (QED) is 0.522. The lowest BCUT2D eigenvalue weighted by Gasteiger charge is -2.22. The fraction of sp³-hybridized carbons (Fsp3) is 0.217. The molecule has 1 amide bonds. The summed E-state index contributed by atoms with van der Waals surface area (Å²) in [6.07, 6.45) is 0. The maximum Gasteiger partial charge on any atom is 0.339 e. The van der Waals surface area contributed by atoms with Crippen LogP contribution in [0.2, 0.25) is 0 Å². The predicted octanol–water partition coefficient (Wildman–Crippen LogP) is 4.18. The summed E-state index contributed by atoms with van der Waals surface area (Å²) in [5.74, 6) is 0.0818. The highest BCUT2D eigenvalue weighted by Crippen LogP contribution is 2.22. The number of rotatable bonds is 9. The van der Waals surface area contributed by atoms with Gasteiger partial charge in [-0.05, 0) is 29.6 Å². The minimum Gasteiger partial charge on any atom is -0.496 e. The Labute approximate surface area is 180 Å². The first kappa shape index (κ1) is 21.5. The Morgan fingerprint density at radius 1 is 0.967 bits per heavy atom. The zero-order chi connectivity index (χ0) is 21.3. The van der Waals surface area contributed by atoms with Crippen LogP contribution in [0.4, 0.5) is 5.69 Å². The van der Waals surface area contributed by atoms with Crippen molar-refractivity contribution in [2.24, 2.45) is 0 Å². The highest BCUT2D eigenvalue weighted by molar-refractivity contribution is 7.09. The van der Waals surface area contributed by atoms with Crippen LogP contribution in [0, 0.1) is 0 Å². The van der Waals surface area contributed by atoms with Crippen LogP contribution in [0.15, 0.2) is 66.0 Å². The van der Waals surface area contributed by atoms with E-state index in [0.717, 1.165) is 16.2 Å². The third-order valence-electron chi connectivity index (χ3n) is 4.52. The number of thiophene rings is 1. The number of hydrogen-bond acceptors (Lipinski definition) is 6. The number of nitrogens with zero attached hydrogens (tertiary/aromatic N) is 1. The molecule has 0 radical (unpaired) electrons. The molecule has 0 saturated carbocycles. The van der Waals surface area contributed by atoms with Crippen LogP contribution in [-0.2, 0) is 22.6 Å². The van der Waals surface area contributed by atoms with E-state index < -0.39 is 5.97 Å². The van der Waals surface area contributed by atoms with Gasteiger partial charge in [-0.3, -0.25) is 9.69 Å². The van der Waals surface area contributed by atoms with Crippen molar-refractivity contribution in [3.8, 4) is 5.75 Å². The van der Waals surface area contributed by atoms with Crippen molar-refractivity contribution in [3.63, 3.8) is 0 Å². The molecule has 3 aromatic rings. The van der Waals surface area contributed by atoms with Crippen molar-refractivity contribution in [1.82, 2.24) is 4.90 Å². The lowest BCUT2D eigenvalue weighted by molar-refractivity contribution is -0.117. The molecule has 156 valence electrons. The molecule has 6 nitrogen and oxygen atoms in total. The van der Waals surface area contributed by atoms with Crippen molar-refractivity contribution < 1.29 is 19.1 Å². The second-order valence-corrected chi connectivity index (χ2v) is 7.65. The molecule has 0 fully saturated rings. The van der Waals surface area contributed by atoms with Crippen molar-refractivity contribution >= 4 is 28.9 Å². The average Bonchev–Trinajstić information content (AvgIpc) is 3.27. The number of ether oxygens (including phenoxy) is 2. The molecular weight excluding hydrogens is 400 g/mol. The molecule has 2 aromatic carbocycles. The molecule has 7 heteroatoms. The van der Waals surface area contributed by atoms with E-state index in [1.54, 1.807) is 42.7 Å². The molecule has 0 unspecified atom stereocenters. The topological polar surface area (TPSA) is 67.9 Å². The number of methoxy groups -OCH3 is 2.